The van der Waals surface area contributed by atoms with Gasteiger partial charge in [0.15, 0.2) is 0 Å². The van der Waals surface area contributed by atoms with Crippen LogP contribution >= 0.6 is 0 Å². The monoisotopic (exact) mass is 415 g/mol. The van der Waals surface area contributed by atoms with Gasteiger partial charge in [0.2, 0.25) is 5.91 Å². The van der Waals surface area contributed by atoms with Crippen LogP contribution in [0.1, 0.15) is 42.1 Å². The zero-order chi connectivity index (χ0) is 21.8. The van der Waals surface area contributed by atoms with Crippen molar-refractivity contribution in [2.24, 2.45) is 0 Å². The molecular formula is C22H29N3O5. The molecule has 0 N–H and O–H groups in total. The maximum atomic E-state index is 13.2. The normalized spacial score (nSPS) is 28.2. The molecule has 2 aliphatic heterocycles. The number of methoxy groups -OCH3 is 1. The largest absolute Gasteiger partial charge is 0.489 e. The summed E-state index contributed by atoms with van der Waals surface area (Å²) in [6.45, 7) is 2.41. The zero-order valence-corrected chi connectivity index (χ0v) is 18.0. The van der Waals surface area contributed by atoms with E-state index in [-0.39, 0.29) is 53.6 Å². The minimum atomic E-state index is -0.651. The van der Waals surface area contributed by atoms with E-state index in [9.17, 15) is 14.9 Å². The minimum absolute atomic E-state index is 0.0106. The molecule has 2 heterocycles. The SMILES string of the molecule is CO[C@@H]1CC[C@@H]2CCN(C)C(=O)[C@H](C)N(C)C(=O)c3cccc(C#N)c3OC[C@H]1O2. The maximum absolute atomic E-state index is 13.2. The number of nitriles is 1. The number of ether oxygens (including phenoxy) is 3. The predicted molar refractivity (Wildman–Crippen MR) is 109 cm³/mol. The average molecular weight is 415 g/mol. The van der Waals surface area contributed by atoms with Crippen LogP contribution in [0.3, 0.4) is 0 Å². The van der Waals surface area contributed by atoms with Crippen molar-refractivity contribution in [1.82, 2.24) is 9.80 Å². The number of amides is 2. The molecule has 3 rings (SSSR count). The summed E-state index contributed by atoms with van der Waals surface area (Å²) in [6, 6.07) is 6.30. The van der Waals surface area contributed by atoms with E-state index in [4.69, 9.17) is 14.2 Å². The molecule has 8 heteroatoms. The van der Waals surface area contributed by atoms with Crippen molar-refractivity contribution < 1.29 is 23.8 Å². The van der Waals surface area contributed by atoms with Crippen LogP contribution in [-0.4, -0.2) is 80.3 Å². The third-order valence-corrected chi connectivity index (χ3v) is 6.04. The van der Waals surface area contributed by atoms with Crippen molar-refractivity contribution in [3.05, 3.63) is 29.3 Å². The molecule has 2 amide bonds. The van der Waals surface area contributed by atoms with E-state index in [1.807, 2.05) is 0 Å². The van der Waals surface area contributed by atoms with Gasteiger partial charge in [0.25, 0.3) is 5.91 Å². The summed E-state index contributed by atoms with van der Waals surface area (Å²) in [4.78, 5) is 29.1. The first-order chi connectivity index (χ1) is 14.4. The number of likely N-dealkylation sites (N-methyl/N-ethyl adjacent to an activating group) is 2. The lowest BCUT2D eigenvalue weighted by atomic mass is 9.99. The second-order valence-electron chi connectivity index (χ2n) is 7.89. The van der Waals surface area contributed by atoms with Gasteiger partial charge < -0.3 is 24.0 Å². The van der Waals surface area contributed by atoms with Gasteiger partial charge in [-0.2, -0.15) is 5.26 Å². The van der Waals surface area contributed by atoms with Crippen LogP contribution in [0.2, 0.25) is 0 Å². The summed E-state index contributed by atoms with van der Waals surface area (Å²) in [7, 11) is 4.97. The van der Waals surface area contributed by atoms with Gasteiger partial charge in [-0.25, -0.2) is 0 Å². The average Bonchev–Trinajstić information content (AvgIpc) is 2.78. The second kappa shape index (κ2) is 9.45. The standard InChI is InChI=1S/C22H29N3O5/c1-14-21(26)24(2)11-10-16-8-9-18(28-4)19(30-16)13-29-20-15(12-23)6-5-7-17(20)22(27)25(14)3/h5-7,14,16,18-19H,8-11,13H2,1-4H3/t14-,16+,18+,19+/m0/s1. The zero-order valence-electron chi connectivity index (χ0n) is 18.0. The van der Waals surface area contributed by atoms with Crippen molar-refractivity contribution in [1.29, 1.82) is 5.26 Å². The van der Waals surface area contributed by atoms with Gasteiger partial charge in [-0.1, -0.05) is 6.07 Å². The van der Waals surface area contributed by atoms with E-state index < -0.39 is 6.04 Å². The molecule has 1 saturated heterocycles. The third-order valence-electron chi connectivity index (χ3n) is 6.04. The number of rotatable bonds is 1. The molecule has 30 heavy (non-hydrogen) atoms. The summed E-state index contributed by atoms with van der Waals surface area (Å²) in [5, 5.41) is 9.55. The molecule has 0 saturated carbocycles. The molecule has 0 aromatic heterocycles. The summed E-state index contributed by atoms with van der Waals surface area (Å²) in [6.07, 6.45) is 1.87. The van der Waals surface area contributed by atoms with Crippen molar-refractivity contribution in [2.45, 2.75) is 50.5 Å². The molecule has 0 spiro atoms. The van der Waals surface area contributed by atoms with Gasteiger partial charge in [0.1, 0.15) is 30.6 Å². The summed E-state index contributed by atoms with van der Waals surface area (Å²) in [5.41, 5.74) is 0.510. The van der Waals surface area contributed by atoms with Gasteiger partial charge in [-0.15, -0.1) is 0 Å². The summed E-state index contributed by atoms with van der Waals surface area (Å²) < 4.78 is 17.8. The molecule has 1 fully saturated rings. The summed E-state index contributed by atoms with van der Waals surface area (Å²) >= 11 is 0. The van der Waals surface area contributed by atoms with Crippen LogP contribution in [0.4, 0.5) is 0 Å². The Labute approximate surface area is 177 Å². The molecular weight excluding hydrogens is 386 g/mol. The number of hydrogen-bond donors (Lipinski definition) is 0. The number of fused-ring (bicyclic) bond motifs is 3. The Morgan fingerprint density at radius 3 is 2.67 bits per heavy atom. The predicted octanol–water partition coefficient (Wildman–Crippen LogP) is 1.82. The fraction of sp³-hybridized carbons (Fsp3) is 0.591. The Bertz CT molecular complexity index is 837. The maximum Gasteiger partial charge on any atom is 0.258 e. The number of nitrogens with zero attached hydrogens (tertiary/aromatic N) is 3. The molecule has 1 aromatic rings. The fourth-order valence-electron chi connectivity index (χ4n) is 3.98. The van der Waals surface area contributed by atoms with Crippen LogP contribution in [0.15, 0.2) is 18.2 Å². The van der Waals surface area contributed by atoms with Gasteiger partial charge in [0, 0.05) is 27.7 Å². The quantitative estimate of drug-likeness (QED) is 0.695. The molecule has 0 unspecified atom stereocenters. The van der Waals surface area contributed by atoms with Crippen LogP contribution in [0.25, 0.3) is 0 Å². The van der Waals surface area contributed by atoms with Crippen LogP contribution in [-0.2, 0) is 14.3 Å². The van der Waals surface area contributed by atoms with Crippen molar-refractivity contribution in [2.75, 3.05) is 34.4 Å². The van der Waals surface area contributed by atoms with E-state index in [0.29, 0.717) is 13.0 Å². The van der Waals surface area contributed by atoms with Gasteiger partial charge in [0.05, 0.1) is 23.3 Å². The molecule has 2 bridgehead atoms. The Balaban J connectivity index is 2.00. The Morgan fingerprint density at radius 1 is 1.20 bits per heavy atom. The highest BCUT2D eigenvalue weighted by atomic mass is 16.6. The van der Waals surface area contributed by atoms with Crippen LogP contribution in [0, 0.1) is 11.3 Å². The van der Waals surface area contributed by atoms with Gasteiger partial charge >= 0.3 is 0 Å². The van der Waals surface area contributed by atoms with E-state index in [1.54, 1.807) is 51.2 Å². The fourth-order valence-corrected chi connectivity index (χ4v) is 3.98. The number of carbonyl (C=O) groups excluding carboxylic acids is 2. The number of hydrogen-bond acceptors (Lipinski definition) is 6. The van der Waals surface area contributed by atoms with Gasteiger partial charge in [-0.3, -0.25) is 9.59 Å². The van der Waals surface area contributed by atoms with E-state index in [0.717, 1.165) is 12.8 Å². The molecule has 1 aromatic carbocycles. The van der Waals surface area contributed by atoms with Crippen molar-refractivity contribution in [3.8, 4) is 11.8 Å². The van der Waals surface area contributed by atoms with Crippen LogP contribution in [0.5, 0.6) is 5.75 Å². The minimum Gasteiger partial charge on any atom is -0.489 e. The Hall–Kier alpha value is -2.63. The first-order valence-electron chi connectivity index (χ1n) is 10.2. The lowest BCUT2D eigenvalue weighted by molar-refractivity contribution is -0.146. The number of para-hydroxylation sites is 1. The topological polar surface area (TPSA) is 92.1 Å². The van der Waals surface area contributed by atoms with Crippen molar-refractivity contribution >= 4 is 11.8 Å². The first-order valence-corrected chi connectivity index (χ1v) is 10.2. The molecule has 4 atom stereocenters. The summed E-state index contributed by atoms with van der Waals surface area (Å²) in [5.74, 6) is -0.314. The first kappa shape index (κ1) is 22.1. The van der Waals surface area contributed by atoms with E-state index in [2.05, 4.69) is 6.07 Å². The Kier molecular flexibility index (Phi) is 6.95. The molecule has 162 valence electrons. The highest BCUT2D eigenvalue weighted by Gasteiger charge is 2.34. The molecule has 8 nitrogen and oxygen atoms in total. The van der Waals surface area contributed by atoms with Gasteiger partial charge in [-0.05, 0) is 38.3 Å². The molecule has 0 radical (unpaired) electrons. The number of benzene rings is 1. The third kappa shape index (κ3) is 4.42. The molecule has 0 aliphatic carbocycles. The number of carbonyl (C=O) groups is 2. The molecule has 2 aliphatic rings. The highest BCUT2D eigenvalue weighted by Crippen LogP contribution is 2.29. The van der Waals surface area contributed by atoms with Crippen molar-refractivity contribution in [3.63, 3.8) is 0 Å². The lowest BCUT2D eigenvalue weighted by Gasteiger charge is -2.37. The second-order valence-corrected chi connectivity index (χ2v) is 7.89. The highest BCUT2D eigenvalue weighted by molar-refractivity contribution is 6.00. The van der Waals surface area contributed by atoms with E-state index in [1.165, 1.54) is 4.90 Å². The van der Waals surface area contributed by atoms with Crippen LogP contribution < -0.4 is 4.74 Å². The Morgan fingerprint density at radius 2 is 1.97 bits per heavy atom. The smallest absolute Gasteiger partial charge is 0.258 e. The lowest BCUT2D eigenvalue weighted by Crippen LogP contribution is -2.48. The van der Waals surface area contributed by atoms with E-state index >= 15 is 0 Å².